The molecule has 9 heteroatoms. The number of cyclic esters (lactones) is 1. The Morgan fingerprint density at radius 2 is 2.00 bits per heavy atom. The Kier molecular flexibility index (Phi) is 4.77. The molecule has 1 aliphatic rings. The van der Waals surface area contributed by atoms with E-state index in [1.807, 2.05) is 6.92 Å². The molecule has 1 fully saturated rings. The third kappa shape index (κ3) is 3.39. The highest BCUT2D eigenvalue weighted by Crippen LogP contribution is 2.40. The van der Waals surface area contributed by atoms with Crippen molar-refractivity contribution in [3.63, 3.8) is 0 Å². The van der Waals surface area contributed by atoms with Gasteiger partial charge in [-0.25, -0.2) is 4.79 Å². The van der Waals surface area contributed by atoms with E-state index in [0.717, 1.165) is 11.3 Å². The van der Waals surface area contributed by atoms with E-state index in [-0.39, 0.29) is 12.3 Å². The summed E-state index contributed by atoms with van der Waals surface area (Å²) in [6.45, 7) is 6.97. The number of amides is 1. The SMILES string of the molecule is CC[C@]1(C)OC(=O)N(CCc2c(C)[nH]c3ccc(OC(F)(F)F)cc23)[C@]1(C)O. The Labute approximate surface area is 160 Å². The van der Waals surface area contributed by atoms with E-state index in [1.54, 1.807) is 13.8 Å². The van der Waals surface area contributed by atoms with Crippen LogP contribution in [0.3, 0.4) is 0 Å². The molecule has 0 bridgehead atoms. The number of aliphatic hydroxyl groups is 1. The maximum Gasteiger partial charge on any atom is 0.573 e. The van der Waals surface area contributed by atoms with Gasteiger partial charge in [-0.1, -0.05) is 6.92 Å². The molecule has 1 saturated heterocycles. The van der Waals surface area contributed by atoms with Gasteiger partial charge in [0.25, 0.3) is 0 Å². The van der Waals surface area contributed by atoms with Crippen molar-refractivity contribution in [1.82, 2.24) is 9.88 Å². The molecule has 0 radical (unpaired) electrons. The van der Waals surface area contributed by atoms with Crippen LogP contribution < -0.4 is 4.74 Å². The van der Waals surface area contributed by atoms with Crippen LogP contribution in [0.5, 0.6) is 5.75 Å². The molecular formula is C19H23F3N2O4. The fourth-order valence-corrected chi connectivity index (χ4v) is 3.63. The maximum absolute atomic E-state index is 12.5. The van der Waals surface area contributed by atoms with Gasteiger partial charge in [0.15, 0.2) is 11.3 Å². The van der Waals surface area contributed by atoms with Crippen molar-refractivity contribution in [2.75, 3.05) is 6.54 Å². The number of nitrogens with one attached hydrogen (secondary N) is 1. The van der Waals surface area contributed by atoms with Crippen LogP contribution in [0.4, 0.5) is 18.0 Å². The molecule has 0 spiro atoms. The number of H-pyrrole nitrogens is 1. The highest BCUT2D eigenvalue weighted by atomic mass is 19.4. The summed E-state index contributed by atoms with van der Waals surface area (Å²) in [6.07, 6.45) is -4.63. The van der Waals surface area contributed by atoms with E-state index in [4.69, 9.17) is 4.74 Å². The first kappa shape index (κ1) is 20.3. The molecule has 3 rings (SSSR count). The van der Waals surface area contributed by atoms with Crippen LogP contribution in [-0.2, 0) is 11.2 Å². The number of halogens is 3. The Morgan fingerprint density at radius 3 is 2.57 bits per heavy atom. The van der Waals surface area contributed by atoms with E-state index in [2.05, 4.69) is 9.72 Å². The molecule has 154 valence electrons. The van der Waals surface area contributed by atoms with Gasteiger partial charge < -0.3 is 19.6 Å². The summed E-state index contributed by atoms with van der Waals surface area (Å²) in [5.74, 6) is -0.314. The maximum atomic E-state index is 12.5. The van der Waals surface area contributed by atoms with Gasteiger partial charge >= 0.3 is 12.5 Å². The Morgan fingerprint density at radius 1 is 1.32 bits per heavy atom. The van der Waals surface area contributed by atoms with Crippen LogP contribution in [0.1, 0.15) is 38.4 Å². The van der Waals surface area contributed by atoms with E-state index < -0.39 is 23.8 Å². The molecule has 0 unspecified atom stereocenters. The van der Waals surface area contributed by atoms with Crippen LogP contribution in [-0.4, -0.2) is 45.3 Å². The van der Waals surface area contributed by atoms with Crippen molar-refractivity contribution in [1.29, 1.82) is 0 Å². The van der Waals surface area contributed by atoms with Gasteiger partial charge in [-0.2, -0.15) is 0 Å². The number of aryl methyl sites for hydroxylation is 1. The van der Waals surface area contributed by atoms with Gasteiger partial charge in [-0.05, 0) is 57.4 Å². The molecule has 2 atom stereocenters. The second kappa shape index (κ2) is 6.58. The zero-order valence-electron chi connectivity index (χ0n) is 16.1. The molecule has 1 aromatic carbocycles. The number of fused-ring (bicyclic) bond motifs is 1. The van der Waals surface area contributed by atoms with Gasteiger partial charge in [0, 0.05) is 23.1 Å². The summed E-state index contributed by atoms with van der Waals surface area (Å²) < 4.78 is 46.9. The normalized spacial score (nSPS) is 25.4. The Hall–Kier alpha value is -2.42. The first-order chi connectivity index (χ1) is 12.9. The number of ether oxygens (including phenoxy) is 2. The predicted molar refractivity (Wildman–Crippen MR) is 95.9 cm³/mol. The van der Waals surface area contributed by atoms with E-state index in [1.165, 1.54) is 30.0 Å². The number of alkyl halides is 3. The molecular weight excluding hydrogens is 377 g/mol. The van der Waals surface area contributed by atoms with Crippen molar-refractivity contribution < 1.29 is 32.5 Å². The zero-order chi connectivity index (χ0) is 20.9. The van der Waals surface area contributed by atoms with Crippen molar-refractivity contribution >= 4 is 17.0 Å². The Balaban J connectivity index is 1.87. The molecule has 2 aromatic rings. The number of carbonyl (C=O) groups is 1. The fraction of sp³-hybridized carbons (Fsp3) is 0.526. The third-order valence-electron chi connectivity index (χ3n) is 5.65. The number of rotatable bonds is 5. The van der Waals surface area contributed by atoms with Crippen molar-refractivity contribution in [2.24, 2.45) is 0 Å². The van der Waals surface area contributed by atoms with Crippen LogP contribution in [0.25, 0.3) is 10.9 Å². The average molecular weight is 400 g/mol. The lowest BCUT2D eigenvalue weighted by atomic mass is 9.90. The number of nitrogens with zero attached hydrogens (tertiary/aromatic N) is 1. The number of hydrogen-bond acceptors (Lipinski definition) is 4. The van der Waals surface area contributed by atoms with Crippen molar-refractivity contribution in [3.8, 4) is 5.75 Å². The summed E-state index contributed by atoms with van der Waals surface area (Å²) in [7, 11) is 0. The molecule has 0 aliphatic carbocycles. The standard InChI is InChI=1S/C19H23F3N2O4/c1-5-17(3)18(4,26)24(16(25)28-17)9-8-13-11(2)23-15-7-6-12(10-14(13)15)27-19(20,21)22/h6-7,10,23,26H,5,8-9H2,1-4H3/t17-,18+/m0/s1. The van der Waals surface area contributed by atoms with Crippen LogP contribution >= 0.6 is 0 Å². The molecule has 28 heavy (non-hydrogen) atoms. The topological polar surface area (TPSA) is 74.8 Å². The second-order valence-corrected chi connectivity index (χ2v) is 7.36. The van der Waals surface area contributed by atoms with Gasteiger partial charge in [0.05, 0.1) is 0 Å². The zero-order valence-corrected chi connectivity index (χ0v) is 16.1. The minimum absolute atomic E-state index is 0.152. The molecule has 2 N–H and O–H groups in total. The van der Waals surface area contributed by atoms with Gasteiger partial charge in [-0.3, -0.25) is 4.90 Å². The number of hydrogen-bond donors (Lipinski definition) is 2. The molecule has 1 aliphatic heterocycles. The van der Waals surface area contributed by atoms with Crippen LogP contribution in [0.15, 0.2) is 18.2 Å². The van der Waals surface area contributed by atoms with Crippen molar-refractivity contribution in [2.45, 2.75) is 58.2 Å². The lowest BCUT2D eigenvalue weighted by molar-refractivity contribution is -0.274. The number of aromatic amines is 1. The minimum atomic E-state index is -4.78. The summed E-state index contributed by atoms with van der Waals surface area (Å²) in [5, 5.41) is 11.4. The largest absolute Gasteiger partial charge is 0.573 e. The van der Waals surface area contributed by atoms with Crippen LogP contribution in [0, 0.1) is 6.92 Å². The van der Waals surface area contributed by atoms with E-state index in [0.29, 0.717) is 23.7 Å². The van der Waals surface area contributed by atoms with Gasteiger partial charge in [0.2, 0.25) is 0 Å². The number of aromatic nitrogens is 1. The van der Waals surface area contributed by atoms with E-state index in [9.17, 15) is 23.1 Å². The average Bonchev–Trinajstić information content (AvgIpc) is 2.96. The van der Waals surface area contributed by atoms with Gasteiger partial charge in [0.1, 0.15) is 5.75 Å². The summed E-state index contributed by atoms with van der Waals surface area (Å²) in [5.41, 5.74) is -0.353. The first-order valence-electron chi connectivity index (χ1n) is 8.98. The van der Waals surface area contributed by atoms with Crippen LogP contribution in [0.2, 0.25) is 0 Å². The van der Waals surface area contributed by atoms with Crippen molar-refractivity contribution in [3.05, 3.63) is 29.5 Å². The highest BCUT2D eigenvalue weighted by molar-refractivity contribution is 5.86. The molecule has 1 amide bonds. The molecule has 0 saturated carbocycles. The Bertz CT molecular complexity index is 906. The van der Waals surface area contributed by atoms with Gasteiger partial charge in [-0.15, -0.1) is 13.2 Å². The predicted octanol–water partition coefficient (Wildman–Crippen LogP) is 4.25. The molecule has 6 nitrogen and oxygen atoms in total. The lowest BCUT2D eigenvalue weighted by Gasteiger charge is -2.36. The van der Waals surface area contributed by atoms with E-state index >= 15 is 0 Å². The monoisotopic (exact) mass is 400 g/mol. The summed E-state index contributed by atoms with van der Waals surface area (Å²) in [6, 6.07) is 4.07. The number of carbonyl (C=O) groups excluding carboxylic acids is 1. The number of benzene rings is 1. The summed E-state index contributed by atoms with van der Waals surface area (Å²) in [4.78, 5) is 16.6. The molecule has 2 heterocycles. The molecule has 1 aromatic heterocycles. The quantitative estimate of drug-likeness (QED) is 0.787. The third-order valence-corrected chi connectivity index (χ3v) is 5.65. The smallest absolute Gasteiger partial charge is 0.438 e. The summed E-state index contributed by atoms with van der Waals surface area (Å²) >= 11 is 0. The first-order valence-corrected chi connectivity index (χ1v) is 8.98. The minimum Gasteiger partial charge on any atom is -0.438 e. The fourth-order valence-electron chi connectivity index (χ4n) is 3.63. The highest BCUT2D eigenvalue weighted by Gasteiger charge is 2.58. The lowest BCUT2D eigenvalue weighted by Crippen LogP contribution is -2.55. The second-order valence-electron chi connectivity index (χ2n) is 7.36.